The van der Waals surface area contributed by atoms with Gasteiger partial charge < -0.3 is 4.90 Å². The van der Waals surface area contributed by atoms with Crippen molar-refractivity contribution >= 4 is 17.7 Å². The quantitative estimate of drug-likeness (QED) is 0.724. The minimum absolute atomic E-state index is 0.0195. The van der Waals surface area contributed by atoms with Crippen LogP contribution in [0.3, 0.4) is 0 Å². The van der Waals surface area contributed by atoms with Gasteiger partial charge in [0.1, 0.15) is 0 Å². The van der Waals surface area contributed by atoms with Crippen molar-refractivity contribution in [2.45, 2.75) is 25.8 Å². The molecule has 7 heteroatoms. The zero-order chi connectivity index (χ0) is 16.9. The molecule has 3 amide bonds. The maximum absolute atomic E-state index is 12.3. The van der Waals surface area contributed by atoms with Crippen LogP contribution in [0.15, 0.2) is 24.5 Å². The normalized spacial score (nSPS) is 19.2. The highest BCUT2D eigenvalue weighted by atomic mass is 16.2. The van der Waals surface area contributed by atoms with Crippen molar-refractivity contribution in [1.82, 2.24) is 19.7 Å². The van der Waals surface area contributed by atoms with E-state index in [0.717, 1.165) is 19.6 Å². The zero-order valence-corrected chi connectivity index (χ0v) is 13.7. The van der Waals surface area contributed by atoms with Gasteiger partial charge in [-0.05, 0) is 17.7 Å². The van der Waals surface area contributed by atoms with Gasteiger partial charge in [0.05, 0.1) is 0 Å². The van der Waals surface area contributed by atoms with Crippen LogP contribution in [-0.2, 0) is 20.9 Å². The molecule has 3 rings (SSSR count). The van der Waals surface area contributed by atoms with Crippen molar-refractivity contribution in [3.05, 3.63) is 30.1 Å². The van der Waals surface area contributed by atoms with E-state index in [-0.39, 0.29) is 43.5 Å². The fraction of sp³-hybridized carbons (Fsp3) is 0.529. The minimum Gasteiger partial charge on any atom is -0.340 e. The Morgan fingerprint density at radius 1 is 1.00 bits per heavy atom. The summed E-state index contributed by atoms with van der Waals surface area (Å²) in [5.74, 6) is -0.295. The third-order valence-corrected chi connectivity index (χ3v) is 4.58. The Bertz CT molecular complexity index is 596. The van der Waals surface area contributed by atoms with Gasteiger partial charge in [-0.2, -0.15) is 0 Å². The van der Waals surface area contributed by atoms with Crippen LogP contribution in [0.2, 0.25) is 0 Å². The van der Waals surface area contributed by atoms with Gasteiger partial charge in [0, 0.05) is 70.9 Å². The second-order valence-electron chi connectivity index (χ2n) is 6.20. The Balaban J connectivity index is 1.42. The molecular weight excluding hydrogens is 308 g/mol. The second kappa shape index (κ2) is 7.53. The van der Waals surface area contributed by atoms with Crippen LogP contribution in [0, 0.1) is 0 Å². The summed E-state index contributed by atoms with van der Waals surface area (Å²) in [7, 11) is 0. The number of hydrogen-bond donors (Lipinski definition) is 0. The molecule has 2 saturated heterocycles. The molecule has 3 heterocycles. The van der Waals surface area contributed by atoms with Crippen LogP contribution < -0.4 is 0 Å². The molecule has 1 aromatic heterocycles. The summed E-state index contributed by atoms with van der Waals surface area (Å²) in [6.45, 7) is 4.11. The van der Waals surface area contributed by atoms with E-state index in [1.54, 1.807) is 12.4 Å². The summed E-state index contributed by atoms with van der Waals surface area (Å²) >= 11 is 0. The first-order valence-electron chi connectivity index (χ1n) is 8.36. The van der Waals surface area contributed by atoms with Crippen molar-refractivity contribution in [1.29, 1.82) is 0 Å². The van der Waals surface area contributed by atoms with Gasteiger partial charge in [-0.15, -0.1) is 0 Å². The van der Waals surface area contributed by atoms with Crippen LogP contribution in [0.25, 0.3) is 0 Å². The molecule has 24 heavy (non-hydrogen) atoms. The Morgan fingerprint density at radius 3 is 2.25 bits per heavy atom. The van der Waals surface area contributed by atoms with E-state index in [9.17, 15) is 14.4 Å². The molecular formula is C17H22N4O3. The third kappa shape index (κ3) is 3.97. The number of carbonyl (C=O) groups excluding carboxylic acids is 3. The lowest BCUT2D eigenvalue weighted by molar-refractivity contribution is -0.139. The van der Waals surface area contributed by atoms with E-state index >= 15 is 0 Å². The van der Waals surface area contributed by atoms with E-state index in [1.165, 1.54) is 10.5 Å². The number of aromatic nitrogens is 1. The molecule has 0 atom stereocenters. The molecule has 2 aliphatic rings. The van der Waals surface area contributed by atoms with E-state index in [4.69, 9.17) is 0 Å². The lowest BCUT2D eigenvalue weighted by atomic mass is 10.2. The highest BCUT2D eigenvalue weighted by Crippen LogP contribution is 2.13. The SMILES string of the molecule is O=C(CCN1C(=O)CCC1=O)N1CCN(Cc2ccncc2)CC1. The van der Waals surface area contributed by atoms with Gasteiger partial charge in [-0.25, -0.2) is 0 Å². The van der Waals surface area contributed by atoms with E-state index < -0.39 is 0 Å². The summed E-state index contributed by atoms with van der Waals surface area (Å²) in [5.41, 5.74) is 1.22. The molecule has 1 aromatic rings. The number of amides is 3. The van der Waals surface area contributed by atoms with E-state index in [0.29, 0.717) is 13.1 Å². The van der Waals surface area contributed by atoms with Crippen LogP contribution in [-0.4, -0.2) is 70.1 Å². The molecule has 0 aromatic carbocycles. The van der Waals surface area contributed by atoms with Crippen molar-refractivity contribution in [3.63, 3.8) is 0 Å². The molecule has 0 aliphatic carbocycles. The van der Waals surface area contributed by atoms with Crippen LogP contribution in [0.4, 0.5) is 0 Å². The van der Waals surface area contributed by atoms with Crippen molar-refractivity contribution in [2.24, 2.45) is 0 Å². The van der Waals surface area contributed by atoms with Gasteiger partial charge in [-0.3, -0.25) is 29.2 Å². The minimum atomic E-state index is -0.157. The molecule has 0 bridgehead atoms. The number of carbonyl (C=O) groups is 3. The summed E-state index contributed by atoms with van der Waals surface area (Å²) in [6.07, 6.45) is 4.36. The summed E-state index contributed by atoms with van der Waals surface area (Å²) in [4.78, 5) is 44.8. The number of likely N-dealkylation sites (tertiary alicyclic amines) is 1. The van der Waals surface area contributed by atoms with Gasteiger partial charge in [0.25, 0.3) is 0 Å². The molecule has 7 nitrogen and oxygen atoms in total. The predicted octanol–water partition coefficient (Wildman–Crippen LogP) is 0.265. The largest absolute Gasteiger partial charge is 0.340 e. The Kier molecular flexibility index (Phi) is 5.20. The smallest absolute Gasteiger partial charge is 0.229 e. The first-order valence-corrected chi connectivity index (χ1v) is 8.36. The Labute approximate surface area is 141 Å². The summed E-state index contributed by atoms with van der Waals surface area (Å²) < 4.78 is 0. The van der Waals surface area contributed by atoms with Crippen molar-refractivity contribution < 1.29 is 14.4 Å². The average Bonchev–Trinajstić information content (AvgIpc) is 2.92. The summed E-state index contributed by atoms with van der Waals surface area (Å²) in [5, 5.41) is 0. The number of piperazine rings is 1. The molecule has 0 radical (unpaired) electrons. The molecule has 0 spiro atoms. The first-order chi connectivity index (χ1) is 11.6. The topological polar surface area (TPSA) is 73.8 Å². The molecule has 0 saturated carbocycles. The highest BCUT2D eigenvalue weighted by Gasteiger charge is 2.30. The standard InChI is InChI=1S/C17H22N4O3/c22-15(5-8-21-16(23)1-2-17(21)24)20-11-9-19(10-12-20)13-14-3-6-18-7-4-14/h3-4,6-7H,1-2,5,8-13H2. The van der Waals surface area contributed by atoms with Crippen molar-refractivity contribution in [2.75, 3.05) is 32.7 Å². The number of nitrogens with zero attached hydrogens (tertiary/aromatic N) is 4. The maximum Gasteiger partial charge on any atom is 0.229 e. The monoisotopic (exact) mass is 330 g/mol. The predicted molar refractivity (Wildman–Crippen MR) is 86.7 cm³/mol. The molecule has 0 unspecified atom stereocenters. The third-order valence-electron chi connectivity index (χ3n) is 4.58. The molecule has 128 valence electrons. The van der Waals surface area contributed by atoms with Crippen LogP contribution >= 0.6 is 0 Å². The van der Waals surface area contributed by atoms with Gasteiger partial charge >= 0.3 is 0 Å². The second-order valence-corrected chi connectivity index (χ2v) is 6.20. The Morgan fingerprint density at radius 2 is 1.62 bits per heavy atom. The van der Waals surface area contributed by atoms with E-state index in [2.05, 4.69) is 9.88 Å². The lowest BCUT2D eigenvalue weighted by Crippen LogP contribution is -2.49. The molecule has 0 N–H and O–H groups in total. The van der Waals surface area contributed by atoms with Crippen molar-refractivity contribution in [3.8, 4) is 0 Å². The number of imide groups is 1. The summed E-state index contributed by atoms with van der Waals surface area (Å²) in [6, 6.07) is 4.00. The fourth-order valence-electron chi connectivity index (χ4n) is 3.14. The Hall–Kier alpha value is -2.28. The maximum atomic E-state index is 12.3. The number of hydrogen-bond acceptors (Lipinski definition) is 5. The highest BCUT2D eigenvalue weighted by molar-refractivity contribution is 6.02. The van der Waals surface area contributed by atoms with Gasteiger partial charge in [0.15, 0.2) is 0 Å². The van der Waals surface area contributed by atoms with Gasteiger partial charge in [0.2, 0.25) is 17.7 Å². The number of rotatable bonds is 5. The van der Waals surface area contributed by atoms with E-state index in [1.807, 2.05) is 17.0 Å². The fourth-order valence-corrected chi connectivity index (χ4v) is 3.14. The van der Waals surface area contributed by atoms with Crippen LogP contribution in [0.1, 0.15) is 24.8 Å². The molecule has 2 aliphatic heterocycles. The zero-order valence-electron chi connectivity index (χ0n) is 13.7. The lowest BCUT2D eigenvalue weighted by Gasteiger charge is -2.35. The molecule has 2 fully saturated rings. The van der Waals surface area contributed by atoms with Crippen LogP contribution in [0.5, 0.6) is 0 Å². The first kappa shape index (κ1) is 16.6. The van der Waals surface area contributed by atoms with Gasteiger partial charge in [-0.1, -0.05) is 0 Å². The number of pyridine rings is 1. The average molecular weight is 330 g/mol.